The van der Waals surface area contributed by atoms with Gasteiger partial charge in [-0.2, -0.15) is 0 Å². The Balaban J connectivity index is 0.00000180. The molecule has 0 aliphatic carbocycles. The monoisotopic (exact) mass is 288 g/mol. The zero-order valence-corrected chi connectivity index (χ0v) is 13.2. The molecule has 4 heteroatoms. The largest absolute Gasteiger partial charge is 0.342 e. The molecule has 2 saturated heterocycles. The number of halogens is 1. The molecule has 2 aliphatic rings. The lowest BCUT2D eigenvalue weighted by Crippen LogP contribution is -2.48. The number of amides is 1. The molecule has 1 unspecified atom stereocenters. The van der Waals surface area contributed by atoms with Crippen LogP contribution >= 0.6 is 12.4 Å². The van der Waals surface area contributed by atoms with Crippen molar-refractivity contribution in [3.8, 4) is 0 Å². The molecule has 112 valence electrons. The molecule has 0 saturated carbocycles. The zero-order valence-electron chi connectivity index (χ0n) is 12.4. The normalized spacial score (nSPS) is 28.8. The van der Waals surface area contributed by atoms with Crippen molar-refractivity contribution in [2.45, 2.75) is 52.4 Å². The first-order valence-corrected chi connectivity index (χ1v) is 7.64. The highest BCUT2D eigenvalue weighted by Crippen LogP contribution is 2.34. The van der Waals surface area contributed by atoms with Crippen molar-refractivity contribution in [3.05, 3.63) is 0 Å². The first kappa shape index (κ1) is 16.8. The predicted molar refractivity (Wildman–Crippen MR) is 81.7 cm³/mol. The summed E-state index contributed by atoms with van der Waals surface area (Å²) in [6.45, 7) is 8.61. The summed E-state index contributed by atoms with van der Waals surface area (Å²) in [4.78, 5) is 14.7. The van der Waals surface area contributed by atoms with Crippen molar-refractivity contribution < 1.29 is 4.79 Å². The van der Waals surface area contributed by atoms with E-state index in [1.165, 1.54) is 25.7 Å². The number of carbonyl (C=O) groups excluding carboxylic acids is 1. The average Bonchev–Trinajstić information content (AvgIpc) is 2.39. The fourth-order valence-corrected chi connectivity index (χ4v) is 3.64. The molecule has 1 N–H and O–H groups in total. The van der Waals surface area contributed by atoms with E-state index in [0.717, 1.165) is 39.0 Å². The smallest absolute Gasteiger partial charge is 0.225 e. The van der Waals surface area contributed by atoms with Gasteiger partial charge in [0.05, 0.1) is 0 Å². The minimum Gasteiger partial charge on any atom is -0.342 e. The minimum atomic E-state index is 0. The Labute approximate surface area is 123 Å². The number of likely N-dealkylation sites (tertiary alicyclic amines) is 1. The topological polar surface area (TPSA) is 32.3 Å². The summed E-state index contributed by atoms with van der Waals surface area (Å²) in [7, 11) is 0. The van der Waals surface area contributed by atoms with Crippen molar-refractivity contribution in [2.75, 3.05) is 26.2 Å². The first-order chi connectivity index (χ1) is 8.64. The molecule has 1 atom stereocenters. The lowest BCUT2D eigenvalue weighted by atomic mass is 9.78. The van der Waals surface area contributed by atoms with Crippen LogP contribution in [-0.2, 0) is 4.79 Å². The number of nitrogens with one attached hydrogen (secondary N) is 1. The Morgan fingerprint density at radius 2 is 2.05 bits per heavy atom. The average molecular weight is 289 g/mol. The molecular formula is C15H29ClN2O. The molecule has 19 heavy (non-hydrogen) atoms. The number of hydrogen-bond acceptors (Lipinski definition) is 2. The number of piperidine rings is 2. The maximum absolute atomic E-state index is 12.5. The Bertz CT molecular complexity index is 288. The molecule has 2 aliphatic heterocycles. The minimum absolute atomic E-state index is 0. The SMILES string of the molecule is CCCC1(C)CCCN(C(=O)C2CCNCC2)C1.Cl. The summed E-state index contributed by atoms with van der Waals surface area (Å²) >= 11 is 0. The van der Waals surface area contributed by atoms with Crippen LogP contribution in [0.25, 0.3) is 0 Å². The quantitative estimate of drug-likeness (QED) is 0.866. The van der Waals surface area contributed by atoms with Crippen LogP contribution in [0.4, 0.5) is 0 Å². The summed E-state index contributed by atoms with van der Waals surface area (Å²) < 4.78 is 0. The lowest BCUT2D eigenvalue weighted by molar-refractivity contribution is -0.139. The van der Waals surface area contributed by atoms with E-state index in [4.69, 9.17) is 0 Å². The molecule has 0 bridgehead atoms. The zero-order chi connectivity index (χ0) is 13.0. The fourth-order valence-electron chi connectivity index (χ4n) is 3.64. The maximum atomic E-state index is 12.5. The molecule has 2 fully saturated rings. The van der Waals surface area contributed by atoms with Gasteiger partial charge in [-0.15, -0.1) is 12.4 Å². The molecule has 1 amide bonds. The number of hydrogen-bond donors (Lipinski definition) is 1. The molecule has 0 aromatic heterocycles. The third-order valence-electron chi connectivity index (χ3n) is 4.63. The van der Waals surface area contributed by atoms with Gasteiger partial charge in [0, 0.05) is 19.0 Å². The van der Waals surface area contributed by atoms with E-state index in [1.54, 1.807) is 0 Å². The van der Waals surface area contributed by atoms with Gasteiger partial charge in [0.15, 0.2) is 0 Å². The van der Waals surface area contributed by atoms with Gasteiger partial charge in [-0.3, -0.25) is 4.79 Å². The molecular weight excluding hydrogens is 260 g/mol. The van der Waals surface area contributed by atoms with Gasteiger partial charge in [-0.1, -0.05) is 20.3 Å². The van der Waals surface area contributed by atoms with Crippen molar-refractivity contribution >= 4 is 18.3 Å². The van der Waals surface area contributed by atoms with Gasteiger partial charge >= 0.3 is 0 Å². The second-order valence-electron chi connectivity index (χ2n) is 6.45. The maximum Gasteiger partial charge on any atom is 0.225 e. The Morgan fingerprint density at radius 1 is 1.37 bits per heavy atom. The third-order valence-corrected chi connectivity index (χ3v) is 4.63. The van der Waals surface area contributed by atoms with Crippen LogP contribution in [0.15, 0.2) is 0 Å². The van der Waals surface area contributed by atoms with Crippen LogP contribution in [0.3, 0.4) is 0 Å². The molecule has 0 spiro atoms. The number of carbonyl (C=O) groups is 1. The third kappa shape index (κ3) is 4.35. The van der Waals surface area contributed by atoms with Crippen LogP contribution in [-0.4, -0.2) is 37.0 Å². The van der Waals surface area contributed by atoms with Crippen LogP contribution in [0.5, 0.6) is 0 Å². The highest BCUT2D eigenvalue weighted by molar-refractivity contribution is 5.85. The fraction of sp³-hybridized carbons (Fsp3) is 0.933. The Morgan fingerprint density at radius 3 is 2.68 bits per heavy atom. The second kappa shape index (κ2) is 7.49. The van der Waals surface area contributed by atoms with Gasteiger partial charge in [0.25, 0.3) is 0 Å². The molecule has 2 rings (SSSR count). The first-order valence-electron chi connectivity index (χ1n) is 7.64. The van der Waals surface area contributed by atoms with E-state index >= 15 is 0 Å². The van der Waals surface area contributed by atoms with Gasteiger partial charge in [0.1, 0.15) is 0 Å². The van der Waals surface area contributed by atoms with Crippen molar-refractivity contribution in [1.29, 1.82) is 0 Å². The molecule has 2 heterocycles. The van der Waals surface area contributed by atoms with Crippen LogP contribution < -0.4 is 5.32 Å². The van der Waals surface area contributed by atoms with Gasteiger partial charge in [-0.25, -0.2) is 0 Å². The standard InChI is InChI=1S/C15H28N2O.ClH/c1-3-7-15(2)8-4-11-17(12-15)14(18)13-5-9-16-10-6-13;/h13,16H,3-12H2,1-2H3;1H. The van der Waals surface area contributed by atoms with E-state index in [0.29, 0.717) is 11.3 Å². The van der Waals surface area contributed by atoms with E-state index in [2.05, 4.69) is 24.1 Å². The summed E-state index contributed by atoms with van der Waals surface area (Å²) in [5.74, 6) is 0.716. The highest BCUT2D eigenvalue weighted by Gasteiger charge is 2.34. The summed E-state index contributed by atoms with van der Waals surface area (Å²) in [5.41, 5.74) is 0.371. The lowest BCUT2D eigenvalue weighted by Gasteiger charge is -2.42. The summed E-state index contributed by atoms with van der Waals surface area (Å²) in [5, 5.41) is 3.34. The number of rotatable bonds is 3. The van der Waals surface area contributed by atoms with E-state index in [1.807, 2.05) is 0 Å². The van der Waals surface area contributed by atoms with Gasteiger partial charge in [0.2, 0.25) is 5.91 Å². The van der Waals surface area contributed by atoms with Gasteiger partial charge < -0.3 is 10.2 Å². The summed E-state index contributed by atoms with van der Waals surface area (Å²) in [6.07, 6.45) is 7.01. The Hall–Kier alpha value is -0.280. The Kier molecular flexibility index (Phi) is 6.61. The molecule has 0 radical (unpaired) electrons. The molecule has 0 aromatic carbocycles. The van der Waals surface area contributed by atoms with E-state index in [-0.39, 0.29) is 18.3 Å². The molecule has 3 nitrogen and oxygen atoms in total. The van der Waals surface area contributed by atoms with Gasteiger partial charge in [-0.05, 0) is 50.6 Å². The highest BCUT2D eigenvalue weighted by atomic mass is 35.5. The van der Waals surface area contributed by atoms with Crippen molar-refractivity contribution in [2.24, 2.45) is 11.3 Å². The number of nitrogens with zero attached hydrogens (tertiary/aromatic N) is 1. The van der Waals surface area contributed by atoms with Crippen molar-refractivity contribution in [3.63, 3.8) is 0 Å². The van der Waals surface area contributed by atoms with Crippen molar-refractivity contribution in [1.82, 2.24) is 10.2 Å². The van der Waals surface area contributed by atoms with Crippen LogP contribution in [0.1, 0.15) is 52.4 Å². The second-order valence-corrected chi connectivity index (χ2v) is 6.45. The van der Waals surface area contributed by atoms with Crippen LogP contribution in [0, 0.1) is 11.3 Å². The van der Waals surface area contributed by atoms with Crippen LogP contribution in [0.2, 0.25) is 0 Å². The van der Waals surface area contributed by atoms with E-state index in [9.17, 15) is 4.79 Å². The van der Waals surface area contributed by atoms with E-state index < -0.39 is 0 Å². The molecule has 0 aromatic rings. The predicted octanol–water partition coefficient (Wildman–Crippen LogP) is 2.84. The summed E-state index contributed by atoms with van der Waals surface area (Å²) in [6, 6.07) is 0.